The molecule has 1 saturated heterocycles. The minimum atomic E-state index is -2.34. The first kappa shape index (κ1) is 25.2. The number of ether oxygens (including phenoxy) is 1. The van der Waals surface area contributed by atoms with Crippen LogP contribution in [0.15, 0.2) is 18.3 Å². The van der Waals surface area contributed by atoms with Gasteiger partial charge in [-0.05, 0) is 52.5 Å². The highest BCUT2D eigenvalue weighted by Crippen LogP contribution is 2.31. The number of nitrogens with zero attached hydrogens (tertiary/aromatic N) is 5. The molecule has 0 aromatic carbocycles. The Morgan fingerprint density at radius 1 is 1.31 bits per heavy atom. The molecule has 1 aliphatic heterocycles. The van der Waals surface area contributed by atoms with E-state index in [1.54, 1.807) is 23.2 Å². The van der Waals surface area contributed by atoms with Crippen LogP contribution in [0.5, 0.6) is 5.75 Å². The average molecular weight is 489 g/mol. The fraction of sp³-hybridized carbons (Fsp3) is 0.600. The maximum Gasteiger partial charge on any atom is 0.251 e. The molecule has 2 aliphatic rings. The standard InChI is InChI=1S/C25H34F2N6O2/c1-25(2,3)31-22(34)15-32(4)24-18-6-5-7-19(18)29-23(30-24)20-12-16(8-10-28-20)35-17-9-11-33(13-17)14-21(26)27/h8,10,12,17,21H,5-7,9,11,13-15H2,1-4H3,(H,31,34). The van der Waals surface area contributed by atoms with E-state index in [1.165, 1.54) is 0 Å². The number of nitrogens with one attached hydrogen (secondary N) is 1. The molecule has 1 aliphatic carbocycles. The van der Waals surface area contributed by atoms with E-state index in [0.29, 0.717) is 36.8 Å². The van der Waals surface area contributed by atoms with Gasteiger partial charge in [-0.1, -0.05) is 0 Å². The lowest BCUT2D eigenvalue weighted by atomic mass is 10.1. The average Bonchev–Trinajstić information content (AvgIpc) is 3.40. The molecule has 2 aromatic heterocycles. The third kappa shape index (κ3) is 6.62. The summed E-state index contributed by atoms with van der Waals surface area (Å²) in [5.41, 5.74) is 2.34. The van der Waals surface area contributed by atoms with E-state index >= 15 is 0 Å². The molecule has 35 heavy (non-hydrogen) atoms. The highest BCUT2D eigenvalue weighted by Gasteiger charge is 2.27. The zero-order valence-electron chi connectivity index (χ0n) is 20.9. The first-order chi connectivity index (χ1) is 16.6. The summed E-state index contributed by atoms with van der Waals surface area (Å²) in [7, 11) is 1.87. The third-order valence-corrected chi connectivity index (χ3v) is 6.06. The summed E-state index contributed by atoms with van der Waals surface area (Å²) in [5, 5.41) is 2.99. The number of carbonyl (C=O) groups is 1. The zero-order valence-corrected chi connectivity index (χ0v) is 20.9. The number of carbonyl (C=O) groups excluding carboxylic acids is 1. The lowest BCUT2D eigenvalue weighted by Crippen LogP contribution is -2.45. The van der Waals surface area contributed by atoms with Crippen LogP contribution in [0, 0.1) is 0 Å². The summed E-state index contributed by atoms with van der Waals surface area (Å²) in [6, 6.07) is 3.55. The molecule has 1 atom stereocenters. The Morgan fingerprint density at radius 2 is 2.11 bits per heavy atom. The lowest BCUT2D eigenvalue weighted by molar-refractivity contribution is -0.121. The van der Waals surface area contributed by atoms with Crippen LogP contribution >= 0.6 is 0 Å². The highest BCUT2D eigenvalue weighted by molar-refractivity contribution is 5.82. The number of fused-ring (bicyclic) bond motifs is 1. The lowest BCUT2D eigenvalue weighted by Gasteiger charge is -2.25. The molecular weight excluding hydrogens is 454 g/mol. The first-order valence-electron chi connectivity index (χ1n) is 12.1. The Labute approximate surface area is 205 Å². The van der Waals surface area contributed by atoms with Crippen LogP contribution in [0.25, 0.3) is 11.5 Å². The van der Waals surface area contributed by atoms with Crippen LogP contribution < -0.4 is 15.0 Å². The Hall–Kier alpha value is -2.88. The van der Waals surface area contributed by atoms with Gasteiger partial charge in [-0.2, -0.15) is 0 Å². The van der Waals surface area contributed by atoms with Gasteiger partial charge < -0.3 is 15.0 Å². The smallest absolute Gasteiger partial charge is 0.251 e. The van der Waals surface area contributed by atoms with Crippen molar-refractivity contribution in [2.45, 2.75) is 64.5 Å². The normalized spacial score (nSPS) is 18.1. The van der Waals surface area contributed by atoms with Gasteiger partial charge in [-0.25, -0.2) is 18.7 Å². The zero-order chi connectivity index (χ0) is 25.2. The van der Waals surface area contributed by atoms with Gasteiger partial charge in [0.15, 0.2) is 5.82 Å². The first-order valence-corrected chi connectivity index (χ1v) is 12.1. The number of aryl methyl sites for hydroxylation is 1. The predicted molar refractivity (Wildman–Crippen MR) is 130 cm³/mol. The summed E-state index contributed by atoms with van der Waals surface area (Å²) in [6.07, 6.45) is 2.59. The van der Waals surface area contributed by atoms with Crippen LogP contribution in [0.3, 0.4) is 0 Å². The molecule has 0 bridgehead atoms. The molecule has 4 rings (SSSR count). The molecule has 0 saturated carbocycles. The Morgan fingerprint density at radius 3 is 2.86 bits per heavy atom. The molecular formula is C25H34F2N6O2. The molecule has 10 heteroatoms. The molecule has 1 unspecified atom stereocenters. The van der Waals surface area contributed by atoms with Crippen molar-refractivity contribution >= 4 is 11.7 Å². The number of anilines is 1. The van der Waals surface area contributed by atoms with Crippen molar-refractivity contribution < 1.29 is 18.3 Å². The number of amides is 1. The third-order valence-electron chi connectivity index (χ3n) is 6.06. The molecule has 0 radical (unpaired) electrons. The van der Waals surface area contributed by atoms with Gasteiger partial charge in [0.25, 0.3) is 6.43 Å². The molecule has 190 valence electrons. The molecule has 1 fully saturated rings. The van der Waals surface area contributed by atoms with Crippen molar-refractivity contribution in [2.24, 2.45) is 0 Å². The number of aromatic nitrogens is 3. The molecule has 2 aromatic rings. The van der Waals surface area contributed by atoms with Crippen LogP contribution in [-0.2, 0) is 17.6 Å². The van der Waals surface area contributed by atoms with Gasteiger partial charge in [0.1, 0.15) is 23.4 Å². The minimum absolute atomic E-state index is 0.0714. The fourth-order valence-corrected chi connectivity index (χ4v) is 4.64. The van der Waals surface area contributed by atoms with Crippen LogP contribution in [0.2, 0.25) is 0 Å². The van der Waals surface area contributed by atoms with Crippen molar-refractivity contribution in [1.82, 2.24) is 25.2 Å². The Balaban J connectivity index is 1.52. The highest BCUT2D eigenvalue weighted by atomic mass is 19.3. The quantitative estimate of drug-likeness (QED) is 0.611. The van der Waals surface area contributed by atoms with Crippen molar-refractivity contribution in [3.05, 3.63) is 29.6 Å². The molecule has 1 N–H and O–H groups in total. The SMILES string of the molecule is CN(CC(=O)NC(C)(C)C)c1nc(-c2cc(OC3CCN(CC(F)F)C3)ccn2)nc2c1CCC2. The fourth-order valence-electron chi connectivity index (χ4n) is 4.64. The number of hydrogen-bond acceptors (Lipinski definition) is 7. The van der Waals surface area contributed by atoms with E-state index in [-0.39, 0.29) is 30.6 Å². The van der Waals surface area contributed by atoms with E-state index in [1.807, 2.05) is 32.7 Å². The summed E-state index contributed by atoms with van der Waals surface area (Å²) in [5.74, 6) is 1.78. The van der Waals surface area contributed by atoms with E-state index in [2.05, 4.69) is 10.3 Å². The number of likely N-dealkylation sites (N-methyl/N-ethyl adjacent to an activating group) is 1. The summed E-state index contributed by atoms with van der Waals surface area (Å²) >= 11 is 0. The topological polar surface area (TPSA) is 83.5 Å². The van der Waals surface area contributed by atoms with Crippen LogP contribution in [0.1, 0.15) is 44.9 Å². The van der Waals surface area contributed by atoms with Gasteiger partial charge in [0, 0.05) is 49.2 Å². The number of rotatable bonds is 8. The number of likely N-dealkylation sites (tertiary alicyclic amines) is 1. The summed E-state index contributed by atoms with van der Waals surface area (Å²) in [6.45, 7) is 6.89. The molecule has 8 nitrogen and oxygen atoms in total. The van der Waals surface area contributed by atoms with Crippen molar-refractivity contribution in [3.63, 3.8) is 0 Å². The molecule has 1 amide bonds. The number of alkyl halides is 2. The van der Waals surface area contributed by atoms with Gasteiger partial charge >= 0.3 is 0 Å². The monoisotopic (exact) mass is 488 g/mol. The maximum atomic E-state index is 12.7. The van der Waals surface area contributed by atoms with E-state index < -0.39 is 6.43 Å². The van der Waals surface area contributed by atoms with Crippen LogP contribution in [0.4, 0.5) is 14.6 Å². The van der Waals surface area contributed by atoms with Crippen molar-refractivity contribution in [2.75, 3.05) is 38.1 Å². The molecule has 3 heterocycles. The van der Waals surface area contributed by atoms with Gasteiger partial charge in [-0.3, -0.25) is 14.7 Å². The van der Waals surface area contributed by atoms with E-state index in [0.717, 1.165) is 36.3 Å². The van der Waals surface area contributed by atoms with Crippen molar-refractivity contribution in [3.8, 4) is 17.3 Å². The largest absolute Gasteiger partial charge is 0.489 e. The Bertz CT molecular complexity index is 1060. The van der Waals surface area contributed by atoms with Gasteiger partial charge in [0.05, 0.1) is 13.1 Å². The van der Waals surface area contributed by atoms with Gasteiger partial charge in [-0.15, -0.1) is 0 Å². The van der Waals surface area contributed by atoms with Crippen LogP contribution in [-0.4, -0.2) is 77.1 Å². The summed E-state index contributed by atoms with van der Waals surface area (Å²) in [4.78, 5) is 30.2. The number of hydrogen-bond donors (Lipinski definition) is 1. The summed E-state index contributed by atoms with van der Waals surface area (Å²) < 4.78 is 31.4. The predicted octanol–water partition coefficient (Wildman–Crippen LogP) is 3.10. The number of pyridine rings is 1. The number of halogens is 2. The van der Waals surface area contributed by atoms with E-state index in [4.69, 9.17) is 14.7 Å². The van der Waals surface area contributed by atoms with Crippen molar-refractivity contribution in [1.29, 1.82) is 0 Å². The second-order valence-electron chi connectivity index (χ2n) is 10.4. The Kier molecular flexibility index (Phi) is 7.49. The second-order valence-corrected chi connectivity index (χ2v) is 10.4. The molecule has 0 spiro atoms. The maximum absolute atomic E-state index is 12.7. The van der Waals surface area contributed by atoms with E-state index in [9.17, 15) is 13.6 Å². The second kappa shape index (κ2) is 10.4. The minimum Gasteiger partial charge on any atom is -0.489 e. The van der Waals surface area contributed by atoms with Gasteiger partial charge in [0.2, 0.25) is 5.91 Å².